The molecule has 0 amide bonds. The van der Waals surface area contributed by atoms with Gasteiger partial charge in [0, 0.05) is 13.8 Å². The van der Waals surface area contributed by atoms with Crippen molar-refractivity contribution < 1.29 is 19.1 Å². The predicted molar refractivity (Wildman–Crippen MR) is 66.6 cm³/mol. The van der Waals surface area contributed by atoms with Gasteiger partial charge in [0.1, 0.15) is 0 Å². The summed E-state index contributed by atoms with van der Waals surface area (Å²) in [4.78, 5) is 21.8. The smallest absolute Gasteiger partial charge is 0.308 e. The zero-order valence-corrected chi connectivity index (χ0v) is 10.6. The molecule has 0 unspecified atom stereocenters. The number of esters is 2. The molecule has 1 aromatic rings. The van der Waals surface area contributed by atoms with Crippen LogP contribution in [-0.4, -0.2) is 17.7 Å². The fourth-order valence-corrected chi connectivity index (χ4v) is 1.57. The van der Waals surface area contributed by atoms with Crippen molar-refractivity contribution in [1.82, 2.24) is 0 Å². The highest BCUT2D eigenvalue weighted by Crippen LogP contribution is 2.29. The van der Waals surface area contributed by atoms with Gasteiger partial charge in [0.05, 0.1) is 0 Å². The van der Waals surface area contributed by atoms with Gasteiger partial charge in [-0.3, -0.25) is 9.59 Å². The molecule has 1 aromatic carbocycles. The summed E-state index contributed by atoms with van der Waals surface area (Å²) in [7, 11) is 0. The first kappa shape index (κ1) is 13.6. The summed E-state index contributed by atoms with van der Waals surface area (Å²) in [5.74, 6) is 0.274. The first-order valence-corrected chi connectivity index (χ1v) is 5.77. The molecule has 0 bridgehead atoms. The van der Waals surface area contributed by atoms with Crippen LogP contribution in [0.4, 0.5) is 0 Å². The van der Waals surface area contributed by atoms with E-state index in [4.69, 9.17) is 9.47 Å². The number of ether oxygens (including phenoxy) is 2. The van der Waals surface area contributed by atoms with E-state index in [1.54, 1.807) is 12.1 Å². The Bertz CT molecular complexity index is 429. The van der Waals surface area contributed by atoms with Crippen LogP contribution in [0.1, 0.15) is 19.4 Å². The largest absolute Gasteiger partial charge is 0.423 e. The number of hydrogen-bond donors (Lipinski definition) is 1. The zero-order chi connectivity index (χ0) is 12.8. The standard InChI is InChI=1S/C12H14O4S/c1-8(13)15-11-4-3-10(5-6-17)7-12(11)16-9(2)14/h3-4,7,17H,5-6H2,1-2H3. The van der Waals surface area contributed by atoms with Crippen LogP contribution in [0.2, 0.25) is 0 Å². The Morgan fingerprint density at radius 1 is 1.12 bits per heavy atom. The molecule has 0 atom stereocenters. The number of carbonyl (C=O) groups is 2. The summed E-state index contributed by atoms with van der Waals surface area (Å²) >= 11 is 4.12. The molecule has 4 nitrogen and oxygen atoms in total. The minimum atomic E-state index is -0.458. The predicted octanol–water partition coefficient (Wildman–Crippen LogP) is 2.01. The van der Waals surface area contributed by atoms with Crippen molar-refractivity contribution in [2.75, 3.05) is 5.75 Å². The summed E-state index contributed by atoms with van der Waals surface area (Å²) in [6.45, 7) is 2.59. The summed E-state index contributed by atoms with van der Waals surface area (Å²) in [5.41, 5.74) is 0.965. The Hall–Kier alpha value is -1.49. The van der Waals surface area contributed by atoms with Crippen molar-refractivity contribution >= 4 is 24.6 Å². The van der Waals surface area contributed by atoms with Crippen molar-refractivity contribution in [3.63, 3.8) is 0 Å². The van der Waals surface area contributed by atoms with Crippen molar-refractivity contribution in [3.05, 3.63) is 23.8 Å². The van der Waals surface area contributed by atoms with Gasteiger partial charge in [-0.2, -0.15) is 12.6 Å². The third kappa shape index (κ3) is 4.48. The third-order valence-corrected chi connectivity index (χ3v) is 2.14. The Morgan fingerprint density at radius 3 is 2.24 bits per heavy atom. The van der Waals surface area contributed by atoms with Gasteiger partial charge >= 0.3 is 11.9 Å². The highest BCUT2D eigenvalue weighted by molar-refractivity contribution is 7.80. The normalized spacial score (nSPS) is 9.82. The minimum absolute atomic E-state index is 0.246. The molecule has 0 aliphatic heterocycles. The lowest BCUT2D eigenvalue weighted by molar-refractivity contribution is -0.134. The maximum Gasteiger partial charge on any atom is 0.308 e. The molecule has 5 heteroatoms. The fourth-order valence-electron chi connectivity index (χ4n) is 1.31. The van der Waals surface area contributed by atoms with Gasteiger partial charge in [0.2, 0.25) is 0 Å². The fraction of sp³-hybridized carbons (Fsp3) is 0.333. The molecule has 0 aromatic heterocycles. The van der Waals surface area contributed by atoms with Gasteiger partial charge in [-0.1, -0.05) is 6.07 Å². The summed E-state index contributed by atoms with van der Waals surface area (Å²) < 4.78 is 9.94. The van der Waals surface area contributed by atoms with E-state index >= 15 is 0 Å². The van der Waals surface area contributed by atoms with Crippen LogP contribution in [-0.2, 0) is 16.0 Å². The van der Waals surface area contributed by atoms with Crippen LogP contribution < -0.4 is 9.47 Å². The van der Waals surface area contributed by atoms with E-state index in [0.717, 1.165) is 12.0 Å². The lowest BCUT2D eigenvalue weighted by Gasteiger charge is -2.10. The van der Waals surface area contributed by atoms with Gasteiger partial charge < -0.3 is 9.47 Å². The van der Waals surface area contributed by atoms with E-state index in [1.807, 2.05) is 6.07 Å². The van der Waals surface area contributed by atoms with E-state index in [9.17, 15) is 9.59 Å². The number of benzene rings is 1. The molecule has 0 aliphatic carbocycles. The Morgan fingerprint density at radius 2 is 1.71 bits per heavy atom. The monoisotopic (exact) mass is 254 g/mol. The lowest BCUT2D eigenvalue weighted by atomic mass is 10.1. The van der Waals surface area contributed by atoms with E-state index in [0.29, 0.717) is 5.75 Å². The highest BCUT2D eigenvalue weighted by atomic mass is 32.1. The van der Waals surface area contributed by atoms with E-state index in [1.165, 1.54) is 13.8 Å². The molecular weight excluding hydrogens is 240 g/mol. The first-order chi connectivity index (χ1) is 8.02. The maximum atomic E-state index is 10.9. The second-order valence-corrected chi connectivity index (χ2v) is 3.89. The van der Waals surface area contributed by atoms with Gasteiger partial charge in [0.25, 0.3) is 0 Å². The zero-order valence-electron chi connectivity index (χ0n) is 9.73. The molecule has 0 heterocycles. The average Bonchev–Trinajstić information content (AvgIpc) is 2.21. The average molecular weight is 254 g/mol. The third-order valence-electron chi connectivity index (χ3n) is 1.92. The van der Waals surface area contributed by atoms with E-state index in [-0.39, 0.29) is 11.5 Å². The molecule has 0 aliphatic rings. The summed E-state index contributed by atoms with van der Waals surface area (Å²) in [6, 6.07) is 5.09. The Labute approximate surface area is 105 Å². The maximum absolute atomic E-state index is 10.9. The summed E-state index contributed by atoms with van der Waals surface area (Å²) in [6.07, 6.45) is 0.748. The van der Waals surface area contributed by atoms with E-state index in [2.05, 4.69) is 12.6 Å². The molecule has 17 heavy (non-hydrogen) atoms. The SMILES string of the molecule is CC(=O)Oc1ccc(CCS)cc1OC(C)=O. The molecular formula is C12H14O4S. The second-order valence-electron chi connectivity index (χ2n) is 3.44. The van der Waals surface area contributed by atoms with Crippen molar-refractivity contribution in [1.29, 1.82) is 0 Å². The van der Waals surface area contributed by atoms with Crippen LogP contribution in [0, 0.1) is 0 Å². The highest BCUT2D eigenvalue weighted by Gasteiger charge is 2.10. The van der Waals surface area contributed by atoms with Crippen LogP contribution in [0.5, 0.6) is 11.5 Å². The molecule has 0 saturated carbocycles. The molecule has 0 N–H and O–H groups in total. The van der Waals surface area contributed by atoms with Crippen LogP contribution >= 0.6 is 12.6 Å². The summed E-state index contributed by atoms with van der Waals surface area (Å²) in [5, 5.41) is 0. The van der Waals surface area contributed by atoms with Crippen LogP contribution in [0.15, 0.2) is 18.2 Å². The molecule has 1 rings (SSSR count). The second kappa shape index (κ2) is 6.30. The first-order valence-electron chi connectivity index (χ1n) is 5.13. The number of thiol groups is 1. The van der Waals surface area contributed by atoms with Gasteiger partial charge in [-0.25, -0.2) is 0 Å². The van der Waals surface area contributed by atoms with Crippen LogP contribution in [0.25, 0.3) is 0 Å². The van der Waals surface area contributed by atoms with Gasteiger partial charge in [-0.15, -0.1) is 0 Å². The minimum Gasteiger partial charge on any atom is -0.423 e. The van der Waals surface area contributed by atoms with Crippen molar-refractivity contribution in [3.8, 4) is 11.5 Å². The van der Waals surface area contributed by atoms with Gasteiger partial charge in [-0.05, 0) is 29.9 Å². The van der Waals surface area contributed by atoms with Crippen molar-refractivity contribution in [2.24, 2.45) is 0 Å². The van der Waals surface area contributed by atoms with Crippen LogP contribution in [0.3, 0.4) is 0 Å². The van der Waals surface area contributed by atoms with Crippen molar-refractivity contribution in [2.45, 2.75) is 20.3 Å². The number of aryl methyl sites for hydroxylation is 1. The van der Waals surface area contributed by atoms with E-state index < -0.39 is 11.9 Å². The topological polar surface area (TPSA) is 52.6 Å². The quantitative estimate of drug-likeness (QED) is 0.507. The number of rotatable bonds is 4. The molecule has 92 valence electrons. The number of hydrogen-bond acceptors (Lipinski definition) is 5. The number of carbonyl (C=O) groups excluding carboxylic acids is 2. The molecule has 0 saturated heterocycles. The Kier molecular flexibility index (Phi) is 5.03. The van der Waals surface area contributed by atoms with Gasteiger partial charge in [0.15, 0.2) is 11.5 Å². The molecule has 0 fully saturated rings. The molecule has 0 spiro atoms. The molecule has 0 radical (unpaired) electrons. The lowest BCUT2D eigenvalue weighted by Crippen LogP contribution is -2.07. The Balaban J connectivity index is 3.02.